The van der Waals surface area contributed by atoms with Crippen LogP contribution in [0.5, 0.6) is 0 Å². The number of aromatic nitrogens is 2. The van der Waals surface area contributed by atoms with Gasteiger partial charge >= 0.3 is 0 Å². The molecule has 0 spiro atoms. The molecule has 2 aromatic heterocycles. The van der Waals surface area contributed by atoms with E-state index in [1.54, 1.807) is 24.5 Å². The number of hydrogen-bond acceptors (Lipinski definition) is 4. The fraction of sp³-hybridized carbons (Fsp3) is 0.348. The Kier molecular flexibility index (Phi) is 6.06. The van der Waals surface area contributed by atoms with Gasteiger partial charge in [0.25, 0.3) is 5.92 Å². The molecule has 1 aromatic carbocycles. The molecule has 1 aliphatic rings. The minimum absolute atomic E-state index is 0.000882. The number of hydrogen-bond donors (Lipinski definition) is 0. The largest absolute Gasteiger partial charge is 0.296 e. The van der Waals surface area contributed by atoms with Crippen molar-refractivity contribution in [1.29, 1.82) is 0 Å². The standard InChI is InChI=1S/C23H22ClF2N3O/c24-22-18(6-3-13-28-22)20(29-14-10-23(25,26)11-15-29)8-9-21(30)17-4-1-7-19-16(17)5-2-12-27-19/h1-7,12-13,20H,8-11,14-15H2. The molecule has 1 fully saturated rings. The van der Waals surface area contributed by atoms with Gasteiger partial charge in [-0.05, 0) is 24.6 Å². The number of likely N-dealkylation sites (tertiary alicyclic amines) is 1. The summed E-state index contributed by atoms with van der Waals surface area (Å²) in [5.41, 5.74) is 2.17. The predicted octanol–water partition coefficient (Wildman–Crippen LogP) is 5.72. The van der Waals surface area contributed by atoms with Crippen molar-refractivity contribution in [3.05, 3.63) is 71.1 Å². The molecule has 0 radical (unpaired) electrons. The lowest BCUT2D eigenvalue weighted by Gasteiger charge is -2.37. The molecule has 156 valence electrons. The van der Waals surface area contributed by atoms with Crippen LogP contribution >= 0.6 is 11.6 Å². The number of benzene rings is 1. The van der Waals surface area contributed by atoms with Crippen molar-refractivity contribution in [2.24, 2.45) is 0 Å². The Bertz CT molecular complexity index is 1040. The Labute approximate surface area is 178 Å². The summed E-state index contributed by atoms with van der Waals surface area (Å²) in [5, 5.41) is 1.17. The second-order valence-corrected chi connectivity index (χ2v) is 7.99. The summed E-state index contributed by atoms with van der Waals surface area (Å²) in [5.74, 6) is -2.63. The van der Waals surface area contributed by atoms with E-state index in [1.165, 1.54) is 0 Å². The first-order chi connectivity index (χ1) is 14.4. The summed E-state index contributed by atoms with van der Waals surface area (Å²) >= 11 is 6.33. The number of pyridine rings is 2. The Morgan fingerprint density at radius 2 is 1.80 bits per heavy atom. The molecule has 1 saturated heterocycles. The molecule has 3 heterocycles. The number of carbonyl (C=O) groups is 1. The number of nitrogens with zero attached hydrogens (tertiary/aromatic N) is 3. The van der Waals surface area contributed by atoms with Crippen molar-refractivity contribution in [2.45, 2.75) is 37.6 Å². The van der Waals surface area contributed by atoms with Crippen molar-refractivity contribution in [3.8, 4) is 0 Å². The zero-order chi connectivity index (χ0) is 21.1. The van der Waals surface area contributed by atoms with Crippen LogP contribution in [0.3, 0.4) is 0 Å². The predicted molar refractivity (Wildman–Crippen MR) is 113 cm³/mol. The second-order valence-electron chi connectivity index (χ2n) is 7.63. The molecule has 0 saturated carbocycles. The van der Waals surface area contributed by atoms with Gasteiger partial charge in [0.05, 0.1) is 5.52 Å². The van der Waals surface area contributed by atoms with Crippen LogP contribution in [0.15, 0.2) is 54.9 Å². The maximum Gasteiger partial charge on any atom is 0.250 e. The quantitative estimate of drug-likeness (QED) is 0.371. The van der Waals surface area contributed by atoms with Gasteiger partial charge in [-0.25, -0.2) is 13.8 Å². The highest BCUT2D eigenvalue weighted by molar-refractivity contribution is 6.30. The number of Topliss-reactive ketones (excluding diaryl/α,β-unsaturated/α-hetero) is 1. The van der Waals surface area contributed by atoms with E-state index in [-0.39, 0.29) is 44.2 Å². The lowest BCUT2D eigenvalue weighted by Crippen LogP contribution is -2.41. The van der Waals surface area contributed by atoms with Crippen LogP contribution in [-0.4, -0.2) is 39.7 Å². The lowest BCUT2D eigenvalue weighted by molar-refractivity contribution is -0.0641. The summed E-state index contributed by atoms with van der Waals surface area (Å²) in [7, 11) is 0. The van der Waals surface area contributed by atoms with E-state index in [4.69, 9.17) is 11.6 Å². The number of carbonyl (C=O) groups excluding carboxylic acids is 1. The Hall–Kier alpha value is -2.44. The molecule has 30 heavy (non-hydrogen) atoms. The third kappa shape index (κ3) is 4.50. The summed E-state index contributed by atoms with van der Waals surface area (Å²) < 4.78 is 27.4. The molecule has 4 rings (SSSR count). The zero-order valence-corrected chi connectivity index (χ0v) is 17.2. The van der Waals surface area contributed by atoms with E-state index in [0.717, 1.165) is 16.5 Å². The van der Waals surface area contributed by atoms with E-state index >= 15 is 0 Å². The smallest absolute Gasteiger partial charge is 0.250 e. The molecule has 0 aliphatic carbocycles. The van der Waals surface area contributed by atoms with Gasteiger partial charge in [-0.15, -0.1) is 0 Å². The van der Waals surface area contributed by atoms with Gasteiger partial charge in [-0.2, -0.15) is 0 Å². The SMILES string of the molecule is O=C(CCC(c1cccnc1Cl)N1CCC(F)(F)CC1)c1cccc2ncccc12. The average molecular weight is 430 g/mol. The van der Waals surface area contributed by atoms with E-state index < -0.39 is 5.92 Å². The average Bonchev–Trinajstić information content (AvgIpc) is 2.75. The molecule has 7 heteroatoms. The summed E-state index contributed by atoms with van der Waals surface area (Å²) in [6.07, 6.45) is 3.67. The highest BCUT2D eigenvalue weighted by Gasteiger charge is 2.37. The van der Waals surface area contributed by atoms with E-state index in [2.05, 4.69) is 9.97 Å². The first kappa shape index (κ1) is 20.8. The fourth-order valence-electron chi connectivity index (χ4n) is 4.09. The highest BCUT2D eigenvalue weighted by Crippen LogP contribution is 2.36. The molecule has 1 atom stereocenters. The van der Waals surface area contributed by atoms with Crippen molar-refractivity contribution in [1.82, 2.24) is 14.9 Å². The molecule has 1 unspecified atom stereocenters. The van der Waals surface area contributed by atoms with E-state index in [0.29, 0.717) is 17.1 Å². The van der Waals surface area contributed by atoms with Gasteiger partial charge in [0.15, 0.2) is 5.78 Å². The monoisotopic (exact) mass is 429 g/mol. The normalized spacial score (nSPS) is 17.7. The molecule has 4 nitrogen and oxygen atoms in total. The Balaban J connectivity index is 1.56. The molecular formula is C23H22ClF2N3O. The van der Waals surface area contributed by atoms with Gasteiger partial charge in [-0.3, -0.25) is 14.7 Å². The first-order valence-corrected chi connectivity index (χ1v) is 10.4. The second kappa shape index (κ2) is 8.74. The van der Waals surface area contributed by atoms with Crippen LogP contribution in [0.4, 0.5) is 8.78 Å². The maximum atomic E-state index is 13.7. The minimum atomic E-state index is -2.63. The van der Waals surface area contributed by atoms with Gasteiger partial charge in [-0.1, -0.05) is 35.9 Å². The zero-order valence-electron chi connectivity index (χ0n) is 16.4. The van der Waals surface area contributed by atoms with Crippen molar-refractivity contribution >= 4 is 28.3 Å². The van der Waals surface area contributed by atoms with Gasteiger partial charge in [0.1, 0.15) is 5.15 Å². The topological polar surface area (TPSA) is 46.1 Å². The van der Waals surface area contributed by atoms with Gasteiger partial charge in [0, 0.05) is 67.3 Å². The van der Waals surface area contributed by atoms with Crippen LogP contribution in [0.2, 0.25) is 5.15 Å². The highest BCUT2D eigenvalue weighted by atomic mass is 35.5. The summed E-state index contributed by atoms with van der Waals surface area (Å²) in [6, 6.07) is 12.6. The minimum Gasteiger partial charge on any atom is -0.296 e. The van der Waals surface area contributed by atoms with Gasteiger partial charge in [0.2, 0.25) is 0 Å². The molecular weight excluding hydrogens is 408 g/mol. The molecule has 0 bridgehead atoms. The number of piperidine rings is 1. The number of halogens is 3. The summed E-state index contributed by atoms with van der Waals surface area (Å²) in [6.45, 7) is 0.518. The third-order valence-electron chi connectivity index (χ3n) is 5.71. The third-order valence-corrected chi connectivity index (χ3v) is 6.02. The Morgan fingerprint density at radius 3 is 2.57 bits per heavy atom. The van der Waals surface area contributed by atoms with Crippen LogP contribution in [0.1, 0.15) is 47.6 Å². The van der Waals surface area contributed by atoms with Crippen LogP contribution < -0.4 is 0 Å². The van der Waals surface area contributed by atoms with Crippen molar-refractivity contribution in [3.63, 3.8) is 0 Å². The molecule has 3 aromatic rings. The number of alkyl halides is 2. The van der Waals surface area contributed by atoms with E-state index in [1.807, 2.05) is 35.2 Å². The molecule has 1 aliphatic heterocycles. The number of fused-ring (bicyclic) bond motifs is 1. The van der Waals surface area contributed by atoms with Crippen LogP contribution in [0, 0.1) is 0 Å². The summed E-state index contributed by atoms with van der Waals surface area (Å²) in [4.78, 5) is 23.5. The van der Waals surface area contributed by atoms with Gasteiger partial charge < -0.3 is 0 Å². The van der Waals surface area contributed by atoms with Crippen molar-refractivity contribution in [2.75, 3.05) is 13.1 Å². The number of rotatable bonds is 6. The van der Waals surface area contributed by atoms with Crippen LogP contribution in [-0.2, 0) is 0 Å². The van der Waals surface area contributed by atoms with E-state index in [9.17, 15) is 13.6 Å². The fourth-order valence-corrected chi connectivity index (χ4v) is 4.34. The van der Waals surface area contributed by atoms with Crippen molar-refractivity contribution < 1.29 is 13.6 Å². The van der Waals surface area contributed by atoms with Crippen LogP contribution in [0.25, 0.3) is 10.9 Å². The molecule has 0 N–H and O–H groups in total. The Morgan fingerprint density at radius 1 is 1.07 bits per heavy atom. The number of ketones is 1. The maximum absolute atomic E-state index is 13.7. The lowest BCUT2D eigenvalue weighted by atomic mass is 9.94. The molecule has 0 amide bonds. The first-order valence-electron chi connectivity index (χ1n) is 10.0.